The second kappa shape index (κ2) is 10.7. The molecule has 0 saturated carbocycles. The van der Waals surface area contributed by atoms with E-state index in [1.54, 1.807) is 0 Å². The van der Waals surface area contributed by atoms with Crippen LogP contribution in [0.2, 0.25) is 0 Å². The van der Waals surface area contributed by atoms with E-state index < -0.39 is 21.1 Å². The average molecular weight is 604 g/mol. The molecule has 2 nitrogen and oxygen atoms in total. The molecular weight excluding hydrogens is 556 g/mol. The van der Waals surface area contributed by atoms with Crippen molar-refractivity contribution in [3.63, 3.8) is 0 Å². The van der Waals surface area contributed by atoms with Crippen LogP contribution < -0.4 is 5.63 Å². The Hall–Kier alpha value is -2.12. The second-order valence-electron chi connectivity index (χ2n) is 13.8. The molecule has 0 bridgehead atoms. The molecule has 2 aromatic rings. The summed E-state index contributed by atoms with van der Waals surface area (Å²) in [6.07, 6.45) is 1.99. The molecule has 0 atom stereocenters. The summed E-state index contributed by atoms with van der Waals surface area (Å²) in [5.41, 5.74) is 11.2. The van der Waals surface area contributed by atoms with Gasteiger partial charge in [0.1, 0.15) is 0 Å². The third-order valence-corrected chi connectivity index (χ3v) is 18.3. The Bertz CT molecular complexity index is 1270. The first-order valence-electron chi connectivity index (χ1n) is 14.4. The molecule has 2 aromatic carbocycles. The minimum atomic E-state index is -4.32. The molecule has 0 radical (unpaired) electrons. The van der Waals surface area contributed by atoms with E-state index in [0.717, 1.165) is 24.3 Å². The van der Waals surface area contributed by atoms with Crippen LogP contribution in [-0.4, -0.2) is 0 Å². The molecular formula is C36H48O2Zr. The molecule has 0 heterocycles. The van der Waals surface area contributed by atoms with Crippen molar-refractivity contribution in [2.24, 2.45) is 0 Å². The quantitative estimate of drug-likeness (QED) is 0.327. The van der Waals surface area contributed by atoms with E-state index in [-0.39, 0.29) is 10.8 Å². The fraction of sp³-hybridized carbons (Fsp3) is 0.444. The van der Waals surface area contributed by atoms with Crippen molar-refractivity contribution >= 4 is 0 Å². The van der Waals surface area contributed by atoms with Gasteiger partial charge in [-0.1, -0.05) is 0 Å². The van der Waals surface area contributed by atoms with Crippen molar-refractivity contribution in [3.8, 4) is 11.5 Å². The first kappa shape index (κ1) is 29.9. The van der Waals surface area contributed by atoms with Crippen LogP contribution in [0, 0.1) is 0 Å². The summed E-state index contributed by atoms with van der Waals surface area (Å²) in [6.45, 7) is 27.2. The Kier molecular flexibility index (Phi) is 8.19. The molecule has 2 aliphatic carbocycles. The van der Waals surface area contributed by atoms with Crippen LogP contribution in [-0.2, 0) is 32.0 Å². The van der Waals surface area contributed by atoms with Crippen molar-refractivity contribution in [3.05, 3.63) is 99.7 Å². The zero-order valence-corrected chi connectivity index (χ0v) is 28.8. The summed E-state index contributed by atoms with van der Waals surface area (Å²) >= 11 is -4.32. The summed E-state index contributed by atoms with van der Waals surface area (Å²) in [5.74, 6) is 1.81. The fourth-order valence-electron chi connectivity index (χ4n) is 6.09. The van der Waals surface area contributed by atoms with Crippen molar-refractivity contribution in [2.75, 3.05) is 0 Å². The van der Waals surface area contributed by atoms with Crippen molar-refractivity contribution < 1.29 is 26.8 Å². The predicted molar refractivity (Wildman–Crippen MR) is 163 cm³/mol. The topological polar surface area (TPSA) is 18.5 Å². The van der Waals surface area contributed by atoms with Crippen LogP contribution in [0.1, 0.15) is 107 Å². The Labute approximate surface area is 243 Å². The van der Waals surface area contributed by atoms with Crippen LogP contribution in [0.5, 0.6) is 11.5 Å². The summed E-state index contributed by atoms with van der Waals surface area (Å²) in [6, 6.07) is 17.5. The molecule has 0 amide bonds. The Morgan fingerprint density at radius 1 is 0.487 bits per heavy atom. The van der Waals surface area contributed by atoms with Gasteiger partial charge in [0, 0.05) is 0 Å². The average Bonchev–Trinajstić information content (AvgIpc) is 3.24. The first-order valence-corrected chi connectivity index (χ1v) is 18.8. The SMILES string of the molecule is CC1=C(C)[C]([Zr]([O]c2ccc(C(C)(C)C)cc2)([O]c2ccc(C(C)(C)C)cc2)[C]2=C(C)CC(C)=C2C)=C(C)C1. The molecule has 39 heavy (non-hydrogen) atoms. The minimum absolute atomic E-state index is 0.0895. The van der Waals surface area contributed by atoms with E-state index in [4.69, 9.17) is 5.63 Å². The number of hydrogen-bond donors (Lipinski definition) is 0. The number of rotatable bonds is 6. The molecule has 0 aliphatic heterocycles. The molecule has 208 valence electrons. The van der Waals surface area contributed by atoms with E-state index in [2.05, 4.69) is 132 Å². The molecule has 0 aromatic heterocycles. The monoisotopic (exact) mass is 602 g/mol. The summed E-state index contributed by atoms with van der Waals surface area (Å²) in [7, 11) is 0. The Morgan fingerprint density at radius 3 is 1.03 bits per heavy atom. The molecule has 2 aliphatic rings. The molecule has 0 N–H and O–H groups in total. The van der Waals surface area contributed by atoms with Crippen molar-refractivity contribution in [2.45, 2.75) is 107 Å². The van der Waals surface area contributed by atoms with Gasteiger partial charge in [0.2, 0.25) is 0 Å². The first-order chi connectivity index (χ1) is 18.0. The Balaban J connectivity index is 1.96. The van der Waals surface area contributed by atoms with Gasteiger partial charge in [-0.2, -0.15) is 0 Å². The summed E-state index contributed by atoms with van der Waals surface area (Å²) < 4.78 is 17.6. The van der Waals surface area contributed by atoms with Gasteiger partial charge >= 0.3 is 245 Å². The molecule has 0 spiro atoms. The zero-order valence-electron chi connectivity index (χ0n) is 26.3. The van der Waals surface area contributed by atoms with Gasteiger partial charge in [-0.3, -0.25) is 0 Å². The summed E-state index contributed by atoms with van der Waals surface area (Å²) in [5, 5.41) is 0. The zero-order chi connectivity index (χ0) is 28.9. The maximum atomic E-state index is 7.42. The maximum absolute atomic E-state index is 7.42. The third kappa shape index (κ3) is 5.85. The van der Waals surface area contributed by atoms with Crippen LogP contribution in [0.15, 0.2) is 88.5 Å². The van der Waals surface area contributed by atoms with Gasteiger partial charge in [0.15, 0.2) is 0 Å². The van der Waals surface area contributed by atoms with E-state index >= 15 is 0 Å². The van der Waals surface area contributed by atoms with Gasteiger partial charge in [-0.15, -0.1) is 0 Å². The second-order valence-corrected chi connectivity index (χ2v) is 20.3. The van der Waals surface area contributed by atoms with Gasteiger partial charge in [0.05, 0.1) is 0 Å². The fourth-order valence-corrected chi connectivity index (χ4v) is 16.8. The van der Waals surface area contributed by atoms with Gasteiger partial charge in [-0.25, -0.2) is 0 Å². The van der Waals surface area contributed by atoms with Gasteiger partial charge in [-0.05, 0) is 0 Å². The number of benzene rings is 2. The van der Waals surface area contributed by atoms with Crippen LogP contribution in [0.25, 0.3) is 0 Å². The molecule has 3 heteroatoms. The van der Waals surface area contributed by atoms with E-state index in [1.165, 1.54) is 51.1 Å². The predicted octanol–water partition coefficient (Wildman–Crippen LogP) is 10.8. The normalized spacial score (nSPS) is 17.1. The Morgan fingerprint density at radius 2 is 0.795 bits per heavy atom. The third-order valence-electron chi connectivity index (χ3n) is 8.57. The van der Waals surface area contributed by atoms with Crippen molar-refractivity contribution in [1.29, 1.82) is 0 Å². The van der Waals surface area contributed by atoms with Crippen molar-refractivity contribution in [1.82, 2.24) is 0 Å². The molecule has 0 unspecified atom stereocenters. The number of hydrogen-bond acceptors (Lipinski definition) is 2. The molecule has 0 saturated heterocycles. The van der Waals surface area contributed by atoms with Gasteiger partial charge < -0.3 is 0 Å². The van der Waals surface area contributed by atoms with Gasteiger partial charge in [0.25, 0.3) is 0 Å². The van der Waals surface area contributed by atoms with Crippen LogP contribution in [0.4, 0.5) is 0 Å². The van der Waals surface area contributed by atoms with Crippen LogP contribution in [0.3, 0.4) is 0 Å². The standard InChI is InChI=1S/2C10H14O.2C8H11.Zr/c2*1-10(2,3)8-4-6-9(11)7-5-8;2*1-6-4-7(2)8(3)5-6;/h2*4-7,11H,1-3H3;2*4H2,1-3H3;/q;;;;+2/p-2. The van der Waals surface area contributed by atoms with Crippen LogP contribution >= 0.6 is 0 Å². The van der Waals surface area contributed by atoms with E-state index in [9.17, 15) is 0 Å². The molecule has 4 rings (SSSR count). The van der Waals surface area contributed by atoms with E-state index in [0.29, 0.717) is 0 Å². The summed E-state index contributed by atoms with van der Waals surface area (Å²) in [4.78, 5) is 0. The molecule has 0 fully saturated rings. The van der Waals surface area contributed by atoms with E-state index in [1.807, 2.05) is 0 Å². The number of allylic oxidation sites excluding steroid dienone is 8.